The number of amides is 2. The van der Waals surface area contributed by atoms with Crippen molar-refractivity contribution >= 4 is 33.6 Å². The van der Waals surface area contributed by atoms with E-state index in [1.807, 2.05) is 43.3 Å². The molecule has 0 saturated carbocycles. The SMILES string of the molecule is Cc1c(C(=O)NNC(=O)CCN2CCCCC2)oc2c1ccc1ccccc12. The Morgan fingerprint density at radius 1 is 1.00 bits per heavy atom. The summed E-state index contributed by atoms with van der Waals surface area (Å²) in [5.74, 6) is -0.412. The maximum Gasteiger partial charge on any atom is 0.305 e. The van der Waals surface area contributed by atoms with Gasteiger partial charge in [0.2, 0.25) is 5.91 Å². The molecule has 0 radical (unpaired) electrons. The Bertz CT molecular complexity index is 1020. The number of carbonyl (C=O) groups excluding carboxylic acids is 2. The second-order valence-corrected chi connectivity index (χ2v) is 7.37. The van der Waals surface area contributed by atoms with Gasteiger partial charge in [-0.05, 0) is 38.2 Å². The van der Waals surface area contributed by atoms with E-state index in [-0.39, 0.29) is 11.7 Å². The summed E-state index contributed by atoms with van der Waals surface area (Å²) in [5, 5.41) is 2.93. The summed E-state index contributed by atoms with van der Waals surface area (Å²) in [5.41, 5.74) is 6.45. The molecule has 4 rings (SSSR count). The number of nitrogens with one attached hydrogen (secondary N) is 2. The van der Waals surface area contributed by atoms with E-state index < -0.39 is 5.91 Å². The van der Waals surface area contributed by atoms with Crippen molar-refractivity contribution in [3.05, 3.63) is 47.7 Å². The number of hydrogen-bond donors (Lipinski definition) is 2. The number of hydrogen-bond acceptors (Lipinski definition) is 4. The van der Waals surface area contributed by atoms with Crippen LogP contribution in [-0.2, 0) is 4.79 Å². The van der Waals surface area contributed by atoms with E-state index in [9.17, 15) is 9.59 Å². The summed E-state index contributed by atoms with van der Waals surface area (Å²) in [6.07, 6.45) is 4.02. The first kappa shape index (κ1) is 18.5. The zero-order valence-corrected chi connectivity index (χ0v) is 16.1. The summed E-state index contributed by atoms with van der Waals surface area (Å²) in [4.78, 5) is 26.9. The Morgan fingerprint density at radius 2 is 1.79 bits per heavy atom. The molecule has 2 amide bonds. The quantitative estimate of drug-likeness (QED) is 0.680. The fourth-order valence-electron chi connectivity index (χ4n) is 3.85. The highest BCUT2D eigenvalue weighted by Crippen LogP contribution is 2.31. The third-order valence-corrected chi connectivity index (χ3v) is 5.45. The molecule has 146 valence electrons. The van der Waals surface area contributed by atoms with Gasteiger partial charge in [0, 0.05) is 29.3 Å². The number of rotatable bonds is 4. The molecule has 2 heterocycles. The number of carbonyl (C=O) groups is 2. The minimum atomic E-state index is -0.441. The van der Waals surface area contributed by atoms with Crippen LogP contribution < -0.4 is 10.9 Å². The van der Waals surface area contributed by atoms with Crippen molar-refractivity contribution in [1.29, 1.82) is 0 Å². The highest BCUT2D eigenvalue weighted by atomic mass is 16.3. The molecule has 1 aliphatic rings. The standard InChI is InChI=1S/C22H25N3O3/c1-15-17-10-9-16-7-3-4-8-18(16)21(17)28-20(15)22(27)24-23-19(26)11-14-25-12-5-2-6-13-25/h3-4,7-10H,2,5-6,11-14H2,1H3,(H,23,26)(H,24,27). The van der Waals surface area contributed by atoms with Gasteiger partial charge in [-0.1, -0.05) is 42.8 Å². The number of likely N-dealkylation sites (tertiary alicyclic amines) is 1. The predicted molar refractivity (Wildman–Crippen MR) is 109 cm³/mol. The summed E-state index contributed by atoms with van der Waals surface area (Å²) < 4.78 is 5.89. The molecule has 3 aromatic rings. The Kier molecular flexibility index (Phi) is 5.30. The lowest BCUT2D eigenvalue weighted by Crippen LogP contribution is -2.43. The molecule has 2 N–H and O–H groups in total. The first-order chi connectivity index (χ1) is 13.6. The van der Waals surface area contributed by atoms with Crippen LogP contribution in [0.3, 0.4) is 0 Å². The zero-order valence-electron chi connectivity index (χ0n) is 16.1. The third kappa shape index (κ3) is 3.73. The van der Waals surface area contributed by atoms with Crippen molar-refractivity contribution in [3.63, 3.8) is 0 Å². The van der Waals surface area contributed by atoms with Gasteiger partial charge in [-0.3, -0.25) is 20.4 Å². The van der Waals surface area contributed by atoms with Crippen LogP contribution in [0, 0.1) is 6.92 Å². The zero-order chi connectivity index (χ0) is 19.5. The molecule has 6 heteroatoms. The molecule has 1 aromatic heterocycles. The maximum absolute atomic E-state index is 12.6. The minimum Gasteiger partial charge on any atom is -0.450 e. The van der Waals surface area contributed by atoms with Crippen LogP contribution in [0.15, 0.2) is 40.8 Å². The lowest BCUT2D eigenvalue weighted by molar-refractivity contribution is -0.122. The molecule has 0 aliphatic carbocycles. The molecular weight excluding hydrogens is 354 g/mol. The molecule has 1 fully saturated rings. The van der Waals surface area contributed by atoms with Crippen molar-refractivity contribution < 1.29 is 14.0 Å². The van der Waals surface area contributed by atoms with E-state index in [1.54, 1.807) is 0 Å². The maximum atomic E-state index is 12.6. The topological polar surface area (TPSA) is 74.6 Å². The fourth-order valence-corrected chi connectivity index (χ4v) is 3.85. The molecule has 2 aromatic carbocycles. The van der Waals surface area contributed by atoms with Crippen LogP contribution in [0.1, 0.15) is 41.8 Å². The van der Waals surface area contributed by atoms with Crippen LogP contribution in [-0.4, -0.2) is 36.3 Å². The monoisotopic (exact) mass is 379 g/mol. The molecule has 0 atom stereocenters. The van der Waals surface area contributed by atoms with Crippen molar-refractivity contribution in [2.24, 2.45) is 0 Å². The van der Waals surface area contributed by atoms with Crippen LogP contribution in [0.25, 0.3) is 21.7 Å². The number of fused-ring (bicyclic) bond motifs is 3. The Labute approximate surface area is 163 Å². The van der Waals surface area contributed by atoms with Gasteiger partial charge in [-0.15, -0.1) is 0 Å². The average molecular weight is 379 g/mol. The van der Waals surface area contributed by atoms with Gasteiger partial charge >= 0.3 is 5.91 Å². The van der Waals surface area contributed by atoms with Crippen LogP contribution in [0.4, 0.5) is 0 Å². The van der Waals surface area contributed by atoms with Gasteiger partial charge in [0.25, 0.3) is 0 Å². The number of hydrazine groups is 1. The molecule has 0 unspecified atom stereocenters. The Balaban J connectivity index is 1.41. The molecule has 0 bridgehead atoms. The molecule has 0 spiro atoms. The van der Waals surface area contributed by atoms with E-state index in [4.69, 9.17) is 4.42 Å². The second kappa shape index (κ2) is 8.02. The third-order valence-electron chi connectivity index (χ3n) is 5.45. The van der Waals surface area contributed by atoms with E-state index in [2.05, 4.69) is 15.8 Å². The van der Waals surface area contributed by atoms with E-state index >= 15 is 0 Å². The summed E-state index contributed by atoms with van der Waals surface area (Å²) in [6, 6.07) is 11.9. The van der Waals surface area contributed by atoms with Crippen molar-refractivity contribution in [1.82, 2.24) is 15.8 Å². The summed E-state index contributed by atoms with van der Waals surface area (Å²) in [7, 11) is 0. The molecule has 1 aliphatic heterocycles. The number of piperidine rings is 1. The Hall–Kier alpha value is -2.86. The number of benzene rings is 2. The van der Waals surface area contributed by atoms with Crippen molar-refractivity contribution in [2.45, 2.75) is 32.6 Å². The number of furan rings is 1. The molecular formula is C22H25N3O3. The average Bonchev–Trinajstić information content (AvgIpc) is 3.08. The van der Waals surface area contributed by atoms with Gasteiger partial charge in [-0.25, -0.2) is 0 Å². The minimum absolute atomic E-state index is 0.196. The predicted octanol–water partition coefficient (Wildman–Crippen LogP) is 3.53. The van der Waals surface area contributed by atoms with Crippen LogP contribution in [0.5, 0.6) is 0 Å². The van der Waals surface area contributed by atoms with E-state index in [0.29, 0.717) is 12.0 Å². The highest BCUT2D eigenvalue weighted by Gasteiger charge is 2.19. The highest BCUT2D eigenvalue weighted by molar-refractivity contribution is 6.09. The molecule has 1 saturated heterocycles. The molecule has 6 nitrogen and oxygen atoms in total. The normalized spacial score (nSPS) is 15.0. The van der Waals surface area contributed by atoms with Gasteiger partial charge in [-0.2, -0.15) is 0 Å². The Morgan fingerprint density at radius 3 is 2.61 bits per heavy atom. The smallest absolute Gasteiger partial charge is 0.305 e. The molecule has 28 heavy (non-hydrogen) atoms. The summed E-state index contributed by atoms with van der Waals surface area (Å²) in [6.45, 7) is 4.67. The second-order valence-electron chi connectivity index (χ2n) is 7.37. The van der Waals surface area contributed by atoms with Crippen molar-refractivity contribution in [3.8, 4) is 0 Å². The summed E-state index contributed by atoms with van der Waals surface area (Å²) >= 11 is 0. The lowest BCUT2D eigenvalue weighted by atomic mass is 10.1. The van der Waals surface area contributed by atoms with Gasteiger partial charge in [0.05, 0.1) is 0 Å². The van der Waals surface area contributed by atoms with Crippen molar-refractivity contribution in [2.75, 3.05) is 19.6 Å². The van der Waals surface area contributed by atoms with Crippen LogP contribution >= 0.6 is 0 Å². The number of aryl methyl sites for hydroxylation is 1. The lowest BCUT2D eigenvalue weighted by Gasteiger charge is -2.25. The van der Waals surface area contributed by atoms with Gasteiger partial charge < -0.3 is 9.32 Å². The van der Waals surface area contributed by atoms with Gasteiger partial charge in [0.1, 0.15) is 5.58 Å². The van der Waals surface area contributed by atoms with E-state index in [0.717, 1.165) is 41.4 Å². The fraction of sp³-hybridized carbons (Fsp3) is 0.364. The largest absolute Gasteiger partial charge is 0.450 e. The number of nitrogens with zero attached hydrogens (tertiary/aromatic N) is 1. The first-order valence-electron chi connectivity index (χ1n) is 9.86. The van der Waals surface area contributed by atoms with Crippen LogP contribution in [0.2, 0.25) is 0 Å². The van der Waals surface area contributed by atoms with E-state index in [1.165, 1.54) is 19.3 Å². The first-order valence-corrected chi connectivity index (χ1v) is 9.86. The van der Waals surface area contributed by atoms with Gasteiger partial charge in [0.15, 0.2) is 5.76 Å².